The zero-order valence-electron chi connectivity index (χ0n) is 30.6. The van der Waals surface area contributed by atoms with E-state index in [-0.39, 0.29) is 58.8 Å². The Kier molecular flexibility index (Phi) is 8.60. The maximum absolute atomic E-state index is 12.9. The number of nitrogens with zero attached hydrogens (tertiary/aromatic N) is 2. The molecule has 46 heavy (non-hydrogen) atoms. The van der Waals surface area contributed by atoms with E-state index in [9.17, 15) is 14.7 Å². The largest absolute Gasteiger partial charge is 0.446 e. The molecule has 12 atom stereocenters. The van der Waals surface area contributed by atoms with Crippen molar-refractivity contribution in [1.29, 1.82) is 0 Å². The molecule has 6 aliphatic rings. The first-order valence-electron chi connectivity index (χ1n) is 18.5. The lowest BCUT2D eigenvalue weighted by atomic mass is 9.41. The highest BCUT2D eigenvalue weighted by atomic mass is 16.6. The van der Waals surface area contributed by atoms with E-state index in [4.69, 9.17) is 14.2 Å². The van der Waals surface area contributed by atoms with Crippen molar-refractivity contribution >= 4 is 12.2 Å². The van der Waals surface area contributed by atoms with Crippen LogP contribution in [0.4, 0.5) is 9.59 Å². The molecule has 0 bridgehead atoms. The average Bonchev–Trinajstić information content (AvgIpc) is 3.57. The summed E-state index contributed by atoms with van der Waals surface area (Å²) in [6.07, 6.45) is 9.51. The van der Waals surface area contributed by atoms with Gasteiger partial charge in [0.25, 0.3) is 0 Å². The van der Waals surface area contributed by atoms with Crippen LogP contribution in [0.5, 0.6) is 0 Å². The monoisotopic (exact) mass is 644 g/mol. The highest BCUT2D eigenvalue weighted by Crippen LogP contribution is 2.89. The van der Waals surface area contributed by atoms with Crippen LogP contribution in [0.3, 0.4) is 0 Å². The van der Waals surface area contributed by atoms with Gasteiger partial charge in [-0.3, -0.25) is 0 Å². The van der Waals surface area contributed by atoms with Crippen molar-refractivity contribution in [2.45, 2.75) is 137 Å². The molecule has 5 aliphatic carbocycles. The summed E-state index contributed by atoms with van der Waals surface area (Å²) in [5.74, 6) is 1.90. The molecule has 0 aromatic rings. The third-order valence-corrected chi connectivity index (χ3v) is 15.8. The average molecular weight is 645 g/mol. The number of carbonyl (C=O) groups excluding carboxylic acids is 2. The minimum absolute atomic E-state index is 0.0161. The molecular weight excluding hydrogens is 580 g/mol. The van der Waals surface area contributed by atoms with E-state index in [1.807, 2.05) is 4.90 Å². The van der Waals surface area contributed by atoms with Crippen molar-refractivity contribution in [3.05, 3.63) is 0 Å². The van der Waals surface area contributed by atoms with E-state index in [0.29, 0.717) is 34.5 Å². The van der Waals surface area contributed by atoms with Crippen LogP contribution in [0.2, 0.25) is 0 Å². The molecule has 6 rings (SSSR count). The van der Waals surface area contributed by atoms with Gasteiger partial charge in [0.15, 0.2) is 0 Å². The van der Waals surface area contributed by atoms with Crippen LogP contribution in [0.25, 0.3) is 0 Å². The Hall–Kier alpha value is -1.54. The molecule has 2 amide bonds. The lowest BCUT2D eigenvalue weighted by Gasteiger charge is -2.64. The minimum Gasteiger partial charge on any atom is -0.446 e. The predicted molar refractivity (Wildman–Crippen MR) is 178 cm³/mol. The van der Waals surface area contributed by atoms with Gasteiger partial charge in [-0.25, -0.2) is 9.59 Å². The lowest BCUT2D eigenvalue weighted by molar-refractivity contribution is -0.183. The van der Waals surface area contributed by atoms with E-state index >= 15 is 0 Å². The van der Waals surface area contributed by atoms with Gasteiger partial charge in [0.2, 0.25) is 0 Å². The minimum atomic E-state index is -0.331. The molecule has 5 saturated carbocycles. The number of aliphatic hydroxyl groups excluding tert-OH is 1. The molecule has 1 N–H and O–H groups in total. The molecule has 1 aliphatic heterocycles. The molecule has 0 radical (unpaired) electrons. The van der Waals surface area contributed by atoms with E-state index < -0.39 is 0 Å². The highest BCUT2D eigenvalue weighted by Gasteiger charge is 2.83. The highest BCUT2D eigenvalue weighted by molar-refractivity contribution is 5.68. The second-order valence-electron chi connectivity index (χ2n) is 18.3. The van der Waals surface area contributed by atoms with E-state index in [1.54, 1.807) is 21.2 Å². The SMILES string of the molecule is COC(C[C@@H](C)[C@H]1C[C@H](O)[C@@]2(C)C3CC[C@H]4C(C)(C)[C@@H](OC(=O)N5CCC5)CC[C@@]45CC35CC[C@]12C)[C@H](OC(=O)N(C)C)C(C)C. The van der Waals surface area contributed by atoms with Gasteiger partial charge in [-0.1, -0.05) is 48.5 Å². The molecule has 8 nitrogen and oxygen atoms in total. The quantitative estimate of drug-likeness (QED) is 0.297. The lowest BCUT2D eigenvalue weighted by Crippen LogP contribution is -2.60. The van der Waals surface area contributed by atoms with Crippen molar-refractivity contribution < 1.29 is 28.9 Å². The molecule has 2 spiro atoms. The van der Waals surface area contributed by atoms with Gasteiger partial charge < -0.3 is 29.1 Å². The second kappa shape index (κ2) is 11.5. The van der Waals surface area contributed by atoms with Crippen LogP contribution in [0.1, 0.15) is 113 Å². The van der Waals surface area contributed by atoms with Crippen molar-refractivity contribution in [3.8, 4) is 0 Å². The normalized spacial score (nSPS) is 44.0. The second-order valence-corrected chi connectivity index (χ2v) is 18.3. The van der Waals surface area contributed by atoms with E-state index in [1.165, 1.54) is 17.7 Å². The summed E-state index contributed by atoms with van der Waals surface area (Å²) < 4.78 is 18.2. The number of hydrogen-bond acceptors (Lipinski definition) is 6. The number of likely N-dealkylation sites (tertiary alicyclic amines) is 1. The van der Waals surface area contributed by atoms with Crippen LogP contribution in [0.15, 0.2) is 0 Å². The molecule has 6 fully saturated rings. The third-order valence-electron chi connectivity index (χ3n) is 15.8. The van der Waals surface area contributed by atoms with Crippen LogP contribution in [-0.2, 0) is 14.2 Å². The fraction of sp³-hybridized carbons (Fsp3) is 0.947. The number of carbonyl (C=O) groups is 2. The van der Waals surface area contributed by atoms with Crippen LogP contribution in [-0.4, -0.2) is 85.8 Å². The van der Waals surface area contributed by atoms with Gasteiger partial charge in [-0.15, -0.1) is 0 Å². The number of rotatable bonds is 8. The summed E-state index contributed by atoms with van der Waals surface area (Å²) in [6, 6.07) is 0. The maximum Gasteiger partial charge on any atom is 0.410 e. The molecular formula is C38H64N2O6. The van der Waals surface area contributed by atoms with Gasteiger partial charge in [0.1, 0.15) is 12.2 Å². The summed E-state index contributed by atoms with van der Waals surface area (Å²) >= 11 is 0. The summed E-state index contributed by atoms with van der Waals surface area (Å²) in [5.41, 5.74) is 0.461. The maximum atomic E-state index is 12.9. The Labute approximate surface area is 278 Å². The summed E-state index contributed by atoms with van der Waals surface area (Å²) in [6.45, 7) is 17.9. The number of methoxy groups -OCH3 is 1. The Morgan fingerprint density at radius 2 is 1.61 bits per heavy atom. The van der Waals surface area contributed by atoms with Crippen LogP contribution in [0, 0.1) is 56.7 Å². The van der Waals surface area contributed by atoms with E-state index in [2.05, 4.69) is 48.5 Å². The number of aliphatic hydroxyl groups is 1. The molecule has 3 unspecified atom stereocenters. The Morgan fingerprint density at radius 3 is 2.20 bits per heavy atom. The number of ether oxygens (including phenoxy) is 3. The van der Waals surface area contributed by atoms with Gasteiger partial charge in [-0.2, -0.15) is 0 Å². The molecule has 8 heteroatoms. The number of amides is 2. The molecule has 1 heterocycles. The summed E-state index contributed by atoms with van der Waals surface area (Å²) in [4.78, 5) is 28.7. The predicted octanol–water partition coefficient (Wildman–Crippen LogP) is 7.37. The molecule has 262 valence electrons. The van der Waals surface area contributed by atoms with E-state index in [0.717, 1.165) is 64.5 Å². The Morgan fingerprint density at radius 1 is 0.957 bits per heavy atom. The van der Waals surface area contributed by atoms with Crippen molar-refractivity contribution in [2.24, 2.45) is 56.7 Å². The number of hydrogen-bond donors (Lipinski definition) is 1. The van der Waals surface area contributed by atoms with Gasteiger partial charge in [-0.05, 0) is 110 Å². The molecule has 0 aromatic heterocycles. The topological polar surface area (TPSA) is 88.5 Å². The van der Waals surface area contributed by atoms with Gasteiger partial charge in [0, 0.05) is 45.1 Å². The Balaban J connectivity index is 1.20. The van der Waals surface area contributed by atoms with Crippen molar-refractivity contribution in [1.82, 2.24) is 9.80 Å². The Bertz CT molecular complexity index is 1190. The summed E-state index contributed by atoms with van der Waals surface area (Å²) in [7, 11) is 5.17. The zero-order chi connectivity index (χ0) is 33.6. The summed E-state index contributed by atoms with van der Waals surface area (Å²) in [5, 5.41) is 12.2. The van der Waals surface area contributed by atoms with Gasteiger partial charge in [0.05, 0.1) is 12.2 Å². The first-order valence-corrected chi connectivity index (χ1v) is 18.5. The fourth-order valence-electron chi connectivity index (χ4n) is 12.9. The fourth-order valence-corrected chi connectivity index (χ4v) is 12.9. The van der Waals surface area contributed by atoms with Gasteiger partial charge >= 0.3 is 12.2 Å². The van der Waals surface area contributed by atoms with Crippen molar-refractivity contribution in [2.75, 3.05) is 34.3 Å². The van der Waals surface area contributed by atoms with Crippen LogP contribution < -0.4 is 0 Å². The standard InChI is InChI=1S/C38H64N2O6/c1-23(2)31(46-32(42)39(8)9)26(44-10)20-24(3)25-21-29(41)36(7)28-13-12-27-34(4,5)30(45-33(43)40-18-11-19-40)14-15-37(27)22-38(28,37)17-16-35(25,36)6/h23-31,41H,11-22H2,1-10H3/t24-,25-,26?,27+,28?,29+,30+,31-,35-,36-,37-,38?/m1/s1. The third kappa shape index (κ3) is 4.71. The number of fused-ring (bicyclic) bond motifs is 2. The first-order chi connectivity index (χ1) is 21.5. The molecule has 0 aromatic carbocycles. The zero-order valence-corrected chi connectivity index (χ0v) is 30.6. The van der Waals surface area contributed by atoms with Crippen molar-refractivity contribution in [3.63, 3.8) is 0 Å². The van der Waals surface area contributed by atoms with Crippen LogP contribution >= 0.6 is 0 Å². The first kappa shape index (κ1) is 34.3. The molecule has 1 saturated heterocycles. The smallest absolute Gasteiger partial charge is 0.410 e.